The molecule has 11 heteroatoms. The number of sulfonamides is 1. The lowest BCUT2D eigenvalue weighted by atomic mass is 10.0. The maximum Gasteiger partial charge on any atom is 0.238 e. The number of piperidine rings is 1. The first kappa shape index (κ1) is 27.5. The molecule has 4 aromatic rings. The van der Waals surface area contributed by atoms with Crippen LogP contribution in [0.4, 0.5) is 27.4 Å². The lowest BCUT2D eigenvalue weighted by Gasteiger charge is -2.36. The van der Waals surface area contributed by atoms with E-state index < -0.39 is 14.8 Å². The van der Waals surface area contributed by atoms with Gasteiger partial charge in [0, 0.05) is 48.3 Å². The number of aromatic nitrogens is 3. The van der Waals surface area contributed by atoms with Crippen molar-refractivity contribution in [2.45, 2.75) is 49.8 Å². The summed E-state index contributed by atoms with van der Waals surface area (Å²) < 4.78 is 45.0. The van der Waals surface area contributed by atoms with Crippen molar-refractivity contribution >= 4 is 44.1 Å². The highest BCUT2D eigenvalue weighted by Gasteiger charge is 2.53. The van der Waals surface area contributed by atoms with Gasteiger partial charge in [0.25, 0.3) is 0 Å². The highest BCUT2D eigenvalue weighted by Crippen LogP contribution is 2.46. The van der Waals surface area contributed by atoms with E-state index in [1.807, 2.05) is 48.0 Å². The van der Waals surface area contributed by atoms with Crippen molar-refractivity contribution in [3.8, 4) is 5.69 Å². The summed E-state index contributed by atoms with van der Waals surface area (Å²) in [5, 5.41) is 3.96. The molecule has 0 spiro atoms. The molecule has 0 unspecified atom stereocenters. The quantitative estimate of drug-likeness (QED) is 0.271. The van der Waals surface area contributed by atoms with Gasteiger partial charge in [-0.2, -0.15) is 4.98 Å². The first-order valence-corrected chi connectivity index (χ1v) is 15.6. The predicted octanol–water partition coefficient (Wildman–Crippen LogP) is 5.52. The van der Waals surface area contributed by atoms with Crippen LogP contribution in [0.15, 0.2) is 60.9 Å². The van der Waals surface area contributed by atoms with E-state index in [1.54, 1.807) is 18.3 Å². The highest BCUT2D eigenvalue weighted by molar-refractivity contribution is 7.94. The Morgan fingerprint density at radius 2 is 1.85 bits per heavy atom. The van der Waals surface area contributed by atoms with E-state index in [9.17, 15) is 8.42 Å². The first-order chi connectivity index (χ1) is 19.7. The first-order valence-electron chi connectivity index (χ1n) is 14.1. The van der Waals surface area contributed by atoms with Gasteiger partial charge in [-0.25, -0.2) is 17.8 Å². The van der Waals surface area contributed by atoms with Gasteiger partial charge >= 0.3 is 0 Å². The summed E-state index contributed by atoms with van der Waals surface area (Å²) in [4.78, 5) is 13.5. The fraction of sp³-hybridized carbons (Fsp3) is 0.400. The molecule has 1 aliphatic carbocycles. The monoisotopic (exact) mass is 577 g/mol. The zero-order valence-corrected chi connectivity index (χ0v) is 24.5. The molecule has 2 aromatic carbocycles. The van der Waals surface area contributed by atoms with Crippen molar-refractivity contribution in [1.29, 1.82) is 0 Å². The molecule has 0 radical (unpaired) electrons. The van der Waals surface area contributed by atoms with Gasteiger partial charge in [0.2, 0.25) is 16.0 Å². The summed E-state index contributed by atoms with van der Waals surface area (Å²) in [5.41, 5.74) is 3.10. The van der Waals surface area contributed by atoms with Gasteiger partial charge in [-0.15, -0.1) is 0 Å². The maximum absolute atomic E-state index is 15.2. The van der Waals surface area contributed by atoms with E-state index in [4.69, 9.17) is 4.98 Å². The Kier molecular flexibility index (Phi) is 7.11. The van der Waals surface area contributed by atoms with Crippen LogP contribution in [0, 0.1) is 5.82 Å². The number of halogens is 1. The lowest BCUT2D eigenvalue weighted by Crippen LogP contribution is -2.42. The van der Waals surface area contributed by atoms with Crippen LogP contribution < -0.4 is 14.9 Å². The summed E-state index contributed by atoms with van der Waals surface area (Å²) in [5.74, 6) is 0.0601. The average Bonchev–Trinajstić information content (AvgIpc) is 3.67. The van der Waals surface area contributed by atoms with Gasteiger partial charge in [-0.3, -0.25) is 4.72 Å². The molecule has 2 fully saturated rings. The van der Waals surface area contributed by atoms with Crippen molar-refractivity contribution in [2.24, 2.45) is 0 Å². The number of nitrogens with one attached hydrogen (secondary N) is 2. The largest absolute Gasteiger partial charge is 0.369 e. The van der Waals surface area contributed by atoms with Crippen molar-refractivity contribution in [2.75, 3.05) is 42.1 Å². The second-order valence-electron chi connectivity index (χ2n) is 11.3. The molecule has 216 valence electrons. The number of hydrogen-bond donors (Lipinski definition) is 2. The zero-order chi connectivity index (χ0) is 28.8. The van der Waals surface area contributed by atoms with Crippen LogP contribution in [0.5, 0.6) is 0 Å². The van der Waals surface area contributed by atoms with E-state index in [0.29, 0.717) is 54.0 Å². The van der Waals surface area contributed by atoms with Gasteiger partial charge in [0.15, 0.2) is 0 Å². The molecule has 41 heavy (non-hydrogen) atoms. The number of benzene rings is 2. The third-order valence-electron chi connectivity index (χ3n) is 8.57. The van der Waals surface area contributed by atoms with Crippen LogP contribution in [0.2, 0.25) is 0 Å². The molecular formula is C30H36FN7O2S. The van der Waals surface area contributed by atoms with Gasteiger partial charge in [-0.05, 0) is 88.7 Å². The summed E-state index contributed by atoms with van der Waals surface area (Å²) in [7, 11) is 0.715. The number of fused-ring (bicyclic) bond motifs is 1. The Balaban J connectivity index is 1.20. The Labute approximate surface area is 240 Å². The van der Waals surface area contributed by atoms with E-state index in [1.165, 1.54) is 6.07 Å². The smallest absolute Gasteiger partial charge is 0.238 e. The molecule has 2 aliphatic rings. The van der Waals surface area contributed by atoms with E-state index in [2.05, 4.69) is 38.9 Å². The van der Waals surface area contributed by atoms with Gasteiger partial charge in [0.05, 0.1) is 16.1 Å². The third-order valence-corrected chi connectivity index (χ3v) is 10.9. The van der Waals surface area contributed by atoms with Gasteiger partial charge < -0.3 is 19.7 Å². The summed E-state index contributed by atoms with van der Waals surface area (Å²) >= 11 is 0. The fourth-order valence-corrected chi connectivity index (χ4v) is 7.39. The Morgan fingerprint density at radius 3 is 2.54 bits per heavy atom. The predicted molar refractivity (Wildman–Crippen MR) is 162 cm³/mol. The molecule has 1 aliphatic heterocycles. The normalized spacial score (nSPS) is 17.2. The second kappa shape index (κ2) is 10.6. The number of hydrogen-bond acceptors (Lipinski definition) is 7. The summed E-state index contributed by atoms with van der Waals surface area (Å²) in [6, 6.07) is 14.8. The molecule has 6 rings (SSSR count). The highest BCUT2D eigenvalue weighted by atomic mass is 32.2. The summed E-state index contributed by atoms with van der Waals surface area (Å²) in [6.45, 7) is 3.56. The molecule has 2 aromatic heterocycles. The van der Waals surface area contributed by atoms with Crippen molar-refractivity contribution in [3.05, 3.63) is 66.7 Å². The zero-order valence-electron chi connectivity index (χ0n) is 23.6. The Morgan fingerprint density at radius 1 is 1.07 bits per heavy atom. The van der Waals surface area contributed by atoms with Crippen LogP contribution in [-0.2, 0) is 10.0 Å². The second-order valence-corrected chi connectivity index (χ2v) is 13.4. The average molecular weight is 578 g/mol. The van der Waals surface area contributed by atoms with Crippen LogP contribution >= 0.6 is 0 Å². The molecular weight excluding hydrogens is 541 g/mol. The third kappa shape index (κ3) is 5.36. The number of rotatable bonds is 9. The molecule has 0 amide bonds. The van der Waals surface area contributed by atoms with Crippen molar-refractivity contribution < 1.29 is 12.8 Å². The minimum atomic E-state index is -3.47. The van der Waals surface area contributed by atoms with Crippen LogP contribution in [0.25, 0.3) is 16.7 Å². The Hall–Kier alpha value is -3.70. The fourth-order valence-electron chi connectivity index (χ4n) is 5.71. The SMILES string of the molecule is CCC1(S(=O)(=O)Nc2cccc(-n3ccc4cnc(Nc5ccc(N6CCC(N(C)C)CC6)c(F)c5)nc43)c2)CC1. The number of anilines is 4. The Bertz CT molecular complexity index is 1680. The number of nitrogens with zero attached hydrogens (tertiary/aromatic N) is 5. The molecule has 9 nitrogen and oxygen atoms in total. The standard InChI is InChI=1S/C30H36FN7O2S/c1-4-30(13-14-30)41(39,40)35-23-6-5-7-25(18-23)38-17-10-21-20-32-29(34-28(21)38)33-22-8-9-27(26(31)19-22)37-15-11-24(12-16-37)36(2)3/h5-10,17-20,24,35H,4,11-16H2,1-3H3,(H,32,33,34). The molecule has 0 atom stereocenters. The van der Waals surface area contributed by atoms with Crippen molar-refractivity contribution in [1.82, 2.24) is 19.4 Å². The van der Waals surface area contributed by atoms with Crippen molar-refractivity contribution in [3.63, 3.8) is 0 Å². The minimum Gasteiger partial charge on any atom is -0.369 e. The van der Waals surface area contributed by atoms with Crippen LogP contribution in [0.3, 0.4) is 0 Å². The van der Waals surface area contributed by atoms with E-state index in [-0.39, 0.29) is 5.82 Å². The summed E-state index contributed by atoms with van der Waals surface area (Å²) in [6.07, 6.45) is 7.58. The minimum absolute atomic E-state index is 0.280. The molecule has 0 bridgehead atoms. The van der Waals surface area contributed by atoms with E-state index >= 15 is 4.39 Å². The topological polar surface area (TPSA) is 95.4 Å². The van der Waals surface area contributed by atoms with Crippen LogP contribution in [0.1, 0.15) is 39.0 Å². The molecule has 1 saturated carbocycles. The molecule has 3 heterocycles. The maximum atomic E-state index is 15.2. The lowest BCUT2D eigenvalue weighted by molar-refractivity contribution is 0.249. The van der Waals surface area contributed by atoms with Crippen LogP contribution in [-0.4, -0.2) is 65.8 Å². The molecule has 1 saturated heterocycles. The molecule has 2 N–H and O–H groups in total. The van der Waals surface area contributed by atoms with Gasteiger partial charge in [-0.1, -0.05) is 13.0 Å². The van der Waals surface area contributed by atoms with Gasteiger partial charge in [0.1, 0.15) is 11.5 Å². The van der Waals surface area contributed by atoms with E-state index in [0.717, 1.165) is 37.0 Å².